The average Bonchev–Trinajstić information content (AvgIpc) is 2.43. The zero-order valence-corrected chi connectivity index (χ0v) is 6.47. The minimum atomic E-state index is -0.153. The fraction of sp³-hybridized carbons (Fsp3) is 0.857. The van der Waals surface area contributed by atoms with E-state index >= 15 is 0 Å². The van der Waals surface area contributed by atoms with Crippen molar-refractivity contribution in [1.82, 2.24) is 4.90 Å². The van der Waals surface area contributed by atoms with Crippen molar-refractivity contribution in [2.45, 2.75) is 18.9 Å². The Labute approximate surface area is 65.1 Å². The maximum Gasteiger partial charge on any atom is 0.239 e. The third kappa shape index (κ3) is 0.789. The molecule has 2 rings (SSSR count). The van der Waals surface area contributed by atoms with Crippen molar-refractivity contribution in [1.29, 1.82) is 0 Å². The number of nitrogens with zero attached hydrogens (tertiary/aromatic N) is 1. The Morgan fingerprint density at radius 3 is 2.20 bits per heavy atom. The molecule has 56 valence electrons. The summed E-state index contributed by atoms with van der Waals surface area (Å²) in [5.41, 5.74) is 0. The van der Waals surface area contributed by atoms with Crippen LogP contribution in [0.3, 0.4) is 0 Å². The fourth-order valence-electron chi connectivity index (χ4n) is 2.14. The van der Waals surface area contributed by atoms with E-state index in [1.807, 2.05) is 0 Å². The Hall–Kier alpha value is -0.0800. The predicted molar refractivity (Wildman–Crippen MR) is 38.9 cm³/mol. The molecule has 0 aliphatic carbocycles. The van der Waals surface area contributed by atoms with E-state index in [9.17, 15) is 4.79 Å². The van der Waals surface area contributed by atoms with Gasteiger partial charge in [-0.3, -0.25) is 9.69 Å². The van der Waals surface area contributed by atoms with Crippen LogP contribution in [-0.4, -0.2) is 29.3 Å². The minimum absolute atomic E-state index is 0.0710. The molecule has 0 amide bonds. The predicted octanol–water partition coefficient (Wildman–Crippen LogP) is 0.846. The van der Waals surface area contributed by atoms with Crippen molar-refractivity contribution in [3.8, 4) is 0 Å². The van der Waals surface area contributed by atoms with E-state index in [0.717, 1.165) is 13.1 Å². The van der Waals surface area contributed by atoms with E-state index in [-0.39, 0.29) is 11.3 Å². The van der Waals surface area contributed by atoms with Gasteiger partial charge in [0, 0.05) is 0 Å². The maximum atomic E-state index is 10.8. The van der Waals surface area contributed by atoms with Crippen LogP contribution in [0.15, 0.2) is 0 Å². The van der Waals surface area contributed by atoms with E-state index in [0.29, 0.717) is 5.92 Å². The number of piperidine rings is 1. The average molecular weight is 160 g/mol. The molecular weight excluding hydrogens is 150 g/mol. The second kappa shape index (κ2) is 2.21. The molecule has 1 unspecified atom stereocenters. The third-order valence-electron chi connectivity index (χ3n) is 2.65. The van der Waals surface area contributed by atoms with Crippen LogP contribution in [-0.2, 0) is 4.79 Å². The monoisotopic (exact) mass is 159 g/mol. The number of fused-ring (bicyclic) bond motifs is 2. The van der Waals surface area contributed by atoms with Gasteiger partial charge in [-0.15, -0.1) is 0 Å². The summed E-state index contributed by atoms with van der Waals surface area (Å²) in [6.07, 6.45) is 2.34. The van der Waals surface area contributed by atoms with Crippen molar-refractivity contribution in [3.05, 3.63) is 0 Å². The van der Waals surface area contributed by atoms with Gasteiger partial charge in [-0.1, -0.05) is 0 Å². The van der Waals surface area contributed by atoms with Gasteiger partial charge in [-0.25, -0.2) is 0 Å². The van der Waals surface area contributed by atoms with Gasteiger partial charge in [0.05, 0.1) is 6.04 Å². The number of rotatable bonds is 1. The summed E-state index contributed by atoms with van der Waals surface area (Å²) in [7, 11) is 0. The molecule has 0 aromatic rings. The first-order valence-corrected chi connectivity index (χ1v) is 4.10. The third-order valence-corrected chi connectivity index (χ3v) is 2.87. The van der Waals surface area contributed by atoms with Crippen LogP contribution < -0.4 is 0 Å². The van der Waals surface area contributed by atoms with Crippen molar-refractivity contribution in [2.24, 2.45) is 5.92 Å². The zero-order chi connectivity index (χ0) is 7.14. The van der Waals surface area contributed by atoms with Gasteiger partial charge >= 0.3 is 0 Å². The molecule has 0 N–H and O–H groups in total. The molecule has 0 aromatic carbocycles. The summed E-state index contributed by atoms with van der Waals surface area (Å²) in [5, 5.41) is -0.153. The van der Waals surface area contributed by atoms with Crippen molar-refractivity contribution >= 4 is 16.8 Å². The first kappa shape index (κ1) is 6.62. The molecule has 2 bridgehead atoms. The SMILES string of the molecule is O=C(Cl)C1C2CCN1CC2. The van der Waals surface area contributed by atoms with Crippen molar-refractivity contribution in [3.63, 3.8) is 0 Å². The normalized spacial score (nSPS) is 44.3. The highest BCUT2D eigenvalue weighted by Crippen LogP contribution is 2.35. The van der Waals surface area contributed by atoms with Gasteiger partial charge in [0.1, 0.15) is 0 Å². The molecule has 2 heterocycles. The quantitative estimate of drug-likeness (QED) is 0.529. The molecule has 1 atom stereocenters. The van der Waals surface area contributed by atoms with Crippen LogP contribution in [0.4, 0.5) is 0 Å². The molecule has 2 fully saturated rings. The van der Waals surface area contributed by atoms with Crippen LogP contribution in [0.25, 0.3) is 0 Å². The summed E-state index contributed by atoms with van der Waals surface area (Å²) in [4.78, 5) is 13.0. The van der Waals surface area contributed by atoms with E-state index in [4.69, 9.17) is 11.6 Å². The van der Waals surface area contributed by atoms with E-state index in [2.05, 4.69) is 4.90 Å². The smallest absolute Gasteiger partial charge is 0.239 e. The molecule has 0 aromatic heterocycles. The first-order valence-electron chi connectivity index (χ1n) is 3.72. The maximum absolute atomic E-state index is 10.8. The molecule has 2 aliphatic rings. The van der Waals surface area contributed by atoms with Gasteiger partial charge in [0.2, 0.25) is 5.24 Å². The van der Waals surface area contributed by atoms with Gasteiger partial charge in [-0.2, -0.15) is 0 Å². The fourth-order valence-corrected chi connectivity index (χ4v) is 2.46. The highest BCUT2D eigenvalue weighted by Gasteiger charge is 2.43. The summed E-state index contributed by atoms with van der Waals surface area (Å²) in [5.74, 6) is 0.574. The molecule has 2 nitrogen and oxygen atoms in total. The molecular formula is C7H10ClNO. The summed E-state index contributed by atoms with van der Waals surface area (Å²) in [6.45, 7) is 2.15. The lowest BCUT2D eigenvalue weighted by Gasteiger charge is -2.13. The van der Waals surface area contributed by atoms with Crippen LogP contribution in [0, 0.1) is 5.92 Å². The Morgan fingerprint density at radius 2 is 2.00 bits per heavy atom. The Balaban J connectivity index is 2.16. The Kier molecular flexibility index (Phi) is 1.46. The highest BCUT2D eigenvalue weighted by atomic mass is 35.5. The van der Waals surface area contributed by atoms with Crippen LogP contribution >= 0.6 is 11.6 Å². The largest absolute Gasteiger partial charge is 0.292 e. The lowest BCUT2D eigenvalue weighted by molar-refractivity contribution is -0.115. The molecule has 2 saturated heterocycles. The van der Waals surface area contributed by atoms with Crippen LogP contribution in [0.1, 0.15) is 12.8 Å². The highest BCUT2D eigenvalue weighted by molar-refractivity contribution is 6.64. The lowest BCUT2D eigenvalue weighted by Crippen LogP contribution is -2.30. The molecule has 0 spiro atoms. The second-order valence-corrected chi connectivity index (χ2v) is 3.49. The molecule has 3 heteroatoms. The summed E-state index contributed by atoms with van der Waals surface area (Å²) in [6, 6.07) is 0.0710. The van der Waals surface area contributed by atoms with Crippen molar-refractivity contribution in [2.75, 3.05) is 13.1 Å². The Bertz CT molecular complexity index is 151. The number of hydrogen-bond acceptors (Lipinski definition) is 2. The standard InChI is InChI=1S/C7H10ClNO/c8-7(10)6-5-1-3-9(6)4-2-5/h5-6H,1-4H2. The van der Waals surface area contributed by atoms with Crippen molar-refractivity contribution < 1.29 is 4.79 Å². The van der Waals surface area contributed by atoms with Gasteiger partial charge < -0.3 is 0 Å². The molecule has 10 heavy (non-hydrogen) atoms. The number of carbonyl (C=O) groups is 1. The topological polar surface area (TPSA) is 20.3 Å². The number of hydrogen-bond donors (Lipinski definition) is 0. The van der Waals surface area contributed by atoms with Crippen LogP contribution in [0.2, 0.25) is 0 Å². The number of halogens is 1. The van der Waals surface area contributed by atoms with E-state index in [1.165, 1.54) is 12.8 Å². The molecule has 2 aliphatic heterocycles. The molecule has 0 radical (unpaired) electrons. The summed E-state index contributed by atoms with van der Waals surface area (Å²) >= 11 is 5.43. The summed E-state index contributed by atoms with van der Waals surface area (Å²) < 4.78 is 0. The second-order valence-electron chi connectivity index (χ2n) is 3.12. The van der Waals surface area contributed by atoms with Gasteiger partial charge in [0.15, 0.2) is 0 Å². The van der Waals surface area contributed by atoms with Gasteiger partial charge in [0.25, 0.3) is 0 Å². The van der Waals surface area contributed by atoms with E-state index in [1.54, 1.807) is 0 Å². The first-order chi connectivity index (χ1) is 4.79. The lowest BCUT2D eigenvalue weighted by atomic mass is 10.0. The van der Waals surface area contributed by atoms with Gasteiger partial charge in [-0.05, 0) is 43.5 Å². The zero-order valence-electron chi connectivity index (χ0n) is 5.72. The Morgan fingerprint density at radius 1 is 1.40 bits per heavy atom. The number of carbonyl (C=O) groups excluding carboxylic acids is 1. The van der Waals surface area contributed by atoms with E-state index < -0.39 is 0 Å². The molecule has 0 saturated carbocycles. The van der Waals surface area contributed by atoms with Crippen LogP contribution in [0.5, 0.6) is 0 Å². The minimum Gasteiger partial charge on any atom is -0.292 e.